The number of imidazole rings is 1. The molecule has 0 aliphatic carbocycles. The molecule has 0 aliphatic heterocycles. The third kappa shape index (κ3) is 5.30. The zero-order valence-corrected chi connectivity index (χ0v) is 22.1. The average Bonchev–Trinajstić information content (AvgIpc) is 3.28. The highest BCUT2D eigenvalue weighted by atomic mass is 35.5. The quantitative estimate of drug-likeness (QED) is 0.216. The first kappa shape index (κ1) is 25.4. The summed E-state index contributed by atoms with van der Waals surface area (Å²) in [5.74, 6) is 1.62. The van der Waals surface area contributed by atoms with E-state index in [9.17, 15) is 4.39 Å². The van der Waals surface area contributed by atoms with Gasteiger partial charge < -0.3 is 9.47 Å². The molecule has 0 fully saturated rings. The molecule has 0 saturated heterocycles. The standard InChI is InChI=1S/C27H25Cl2FN2O2S/c1-27(2,18-6-12-23(33-3)24(13-18)34-4)25-15-31-26(32(25)21-10-8-20(30)9-11-21)35-16-17-5-7-19(28)14-22(17)29/h5-15H,16H2,1-4H3. The summed E-state index contributed by atoms with van der Waals surface area (Å²) in [7, 11) is 3.23. The number of aromatic nitrogens is 2. The van der Waals surface area contributed by atoms with Gasteiger partial charge in [-0.1, -0.05) is 60.9 Å². The summed E-state index contributed by atoms with van der Waals surface area (Å²) in [5, 5.41) is 1.97. The number of hydrogen-bond donors (Lipinski definition) is 0. The van der Waals surface area contributed by atoms with Crippen molar-refractivity contribution in [2.24, 2.45) is 0 Å². The van der Waals surface area contributed by atoms with E-state index in [0.717, 1.165) is 27.7 Å². The largest absolute Gasteiger partial charge is 0.493 e. The van der Waals surface area contributed by atoms with Crippen LogP contribution in [0.5, 0.6) is 11.5 Å². The van der Waals surface area contributed by atoms with E-state index < -0.39 is 5.41 Å². The number of ether oxygens (including phenoxy) is 2. The fourth-order valence-corrected chi connectivity index (χ4v) is 5.42. The second-order valence-electron chi connectivity index (χ2n) is 8.46. The lowest BCUT2D eigenvalue weighted by molar-refractivity contribution is 0.353. The molecular weight excluding hydrogens is 506 g/mol. The third-order valence-corrected chi connectivity index (χ3v) is 7.52. The molecule has 4 rings (SSSR count). The molecule has 0 saturated carbocycles. The van der Waals surface area contributed by atoms with Crippen molar-refractivity contribution in [1.82, 2.24) is 9.55 Å². The van der Waals surface area contributed by atoms with Gasteiger partial charge in [-0.15, -0.1) is 0 Å². The van der Waals surface area contributed by atoms with Gasteiger partial charge in [0.2, 0.25) is 0 Å². The molecule has 0 radical (unpaired) electrons. The lowest BCUT2D eigenvalue weighted by Crippen LogP contribution is -2.23. The van der Waals surface area contributed by atoms with Crippen molar-refractivity contribution in [2.45, 2.75) is 30.2 Å². The maximum atomic E-state index is 13.7. The van der Waals surface area contributed by atoms with Crippen LogP contribution in [0.4, 0.5) is 4.39 Å². The van der Waals surface area contributed by atoms with Crippen LogP contribution in [0.2, 0.25) is 10.0 Å². The van der Waals surface area contributed by atoms with Crippen molar-refractivity contribution < 1.29 is 13.9 Å². The summed E-state index contributed by atoms with van der Waals surface area (Å²) >= 11 is 14.0. The number of rotatable bonds is 8. The number of hydrogen-bond acceptors (Lipinski definition) is 4. The van der Waals surface area contributed by atoms with E-state index in [0.29, 0.717) is 27.3 Å². The molecule has 0 unspecified atom stereocenters. The fourth-order valence-electron chi connectivity index (χ4n) is 3.87. The Morgan fingerprint density at radius 1 is 0.943 bits per heavy atom. The van der Waals surface area contributed by atoms with Crippen molar-refractivity contribution in [3.8, 4) is 17.2 Å². The van der Waals surface area contributed by atoms with Gasteiger partial charge >= 0.3 is 0 Å². The molecule has 182 valence electrons. The van der Waals surface area contributed by atoms with Crippen LogP contribution in [-0.2, 0) is 11.2 Å². The lowest BCUT2D eigenvalue weighted by atomic mass is 9.81. The summed E-state index contributed by atoms with van der Waals surface area (Å²) in [5.41, 5.74) is 3.28. The van der Waals surface area contributed by atoms with Crippen LogP contribution in [0.15, 0.2) is 72.0 Å². The number of benzene rings is 3. The summed E-state index contributed by atoms with van der Waals surface area (Å²) in [6.07, 6.45) is 1.87. The maximum Gasteiger partial charge on any atom is 0.173 e. The van der Waals surface area contributed by atoms with Gasteiger partial charge in [0.15, 0.2) is 16.7 Å². The summed E-state index contributed by atoms with van der Waals surface area (Å²) in [6, 6.07) is 17.8. The van der Waals surface area contributed by atoms with E-state index in [4.69, 9.17) is 37.7 Å². The average molecular weight is 531 g/mol. The molecule has 4 aromatic rings. The first-order chi connectivity index (χ1) is 16.7. The van der Waals surface area contributed by atoms with Gasteiger partial charge in [-0.25, -0.2) is 9.37 Å². The smallest absolute Gasteiger partial charge is 0.173 e. The number of nitrogens with zero attached hydrogens (tertiary/aromatic N) is 2. The van der Waals surface area contributed by atoms with Gasteiger partial charge in [0, 0.05) is 26.9 Å². The predicted molar refractivity (Wildman–Crippen MR) is 141 cm³/mol. The van der Waals surface area contributed by atoms with E-state index in [1.165, 1.54) is 12.1 Å². The maximum absolute atomic E-state index is 13.7. The topological polar surface area (TPSA) is 36.3 Å². The second kappa shape index (κ2) is 10.5. The van der Waals surface area contributed by atoms with Gasteiger partial charge in [-0.3, -0.25) is 4.57 Å². The van der Waals surface area contributed by atoms with Gasteiger partial charge in [0.25, 0.3) is 0 Å². The predicted octanol–water partition coefficient (Wildman–Crippen LogP) is 7.95. The Morgan fingerprint density at radius 2 is 1.66 bits per heavy atom. The van der Waals surface area contributed by atoms with Crippen LogP contribution in [0.3, 0.4) is 0 Å². The van der Waals surface area contributed by atoms with Crippen molar-refractivity contribution in [3.63, 3.8) is 0 Å². The minimum Gasteiger partial charge on any atom is -0.493 e. The Labute approximate surface area is 219 Å². The molecule has 8 heteroatoms. The Hall–Kier alpha value is -2.67. The molecule has 0 N–H and O–H groups in total. The van der Waals surface area contributed by atoms with Crippen LogP contribution in [0.1, 0.15) is 30.7 Å². The van der Waals surface area contributed by atoms with E-state index >= 15 is 0 Å². The number of halogens is 3. The van der Waals surface area contributed by atoms with Crippen LogP contribution < -0.4 is 9.47 Å². The van der Waals surface area contributed by atoms with Crippen LogP contribution >= 0.6 is 35.0 Å². The van der Waals surface area contributed by atoms with Gasteiger partial charge in [-0.2, -0.15) is 0 Å². The highest BCUT2D eigenvalue weighted by molar-refractivity contribution is 7.98. The van der Waals surface area contributed by atoms with E-state index in [2.05, 4.69) is 18.4 Å². The third-order valence-electron chi connectivity index (χ3n) is 5.93. The van der Waals surface area contributed by atoms with Gasteiger partial charge in [-0.05, 0) is 59.7 Å². The first-order valence-electron chi connectivity index (χ1n) is 10.9. The molecule has 3 aromatic carbocycles. The second-order valence-corrected chi connectivity index (χ2v) is 10.2. The zero-order valence-electron chi connectivity index (χ0n) is 19.8. The first-order valence-corrected chi connectivity index (χ1v) is 12.6. The van der Waals surface area contributed by atoms with Crippen molar-refractivity contribution >= 4 is 35.0 Å². The molecule has 0 amide bonds. The zero-order chi connectivity index (χ0) is 25.2. The monoisotopic (exact) mass is 530 g/mol. The number of methoxy groups -OCH3 is 2. The molecule has 4 nitrogen and oxygen atoms in total. The highest BCUT2D eigenvalue weighted by Gasteiger charge is 2.30. The lowest BCUT2D eigenvalue weighted by Gasteiger charge is -2.28. The summed E-state index contributed by atoms with van der Waals surface area (Å²) in [6.45, 7) is 4.24. The fraction of sp³-hybridized carbons (Fsp3) is 0.222. The number of thioether (sulfide) groups is 1. The van der Waals surface area contributed by atoms with Crippen molar-refractivity contribution in [3.05, 3.63) is 99.5 Å². The molecular formula is C27H25Cl2FN2O2S. The molecule has 0 bridgehead atoms. The molecule has 35 heavy (non-hydrogen) atoms. The summed E-state index contributed by atoms with van der Waals surface area (Å²) in [4.78, 5) is 4.75. The van der Waals surface area contributed by atoms with E-state index in [1.807, 2.05) is 36.5 Å². The Bertz CT molecular complexity index is 1340. The van der Waals surface area contributed by atoms with Gasteiger partial charge in [0.1, 0.15) is 5.82 Å². The van der Waals surface area contributed by atoms with Gasteiger partial charge in [0.05, 0.1) is 26.1 Å². The van der Waals surface area contributed by atoms with Crippen LogP contribution in [-0.4, -0.2) is 23.8 Å². The molecule has 0 aliphatic rings. The SMILES string of the molecule is COc1ccc(C(C)(C)c2cnc(SCc3ccc(Cl)cc3Cl)n2-c2ccc(F)cc2)cc1OC. The van der Waals surface area contributed by atoms with Crippen molar-refractivity contribution in [1.29, 1.82) is 0 Å². The minimum atomic E-state index is -0.461. The molecule has 1 heterocycles. The van der Waals surface area contributed by atoms with Crippen LogP contribution in [0.25, 0.3) is 5.69 Å². The normalized spacial score (nSPS) is 11.5. The molecule has 1 aromatic heterocycles. The van der Waals surface area contributed by atoms with Crippen molar-refractivity contribution in [2.75, 3.05) is 14.2 Å². The Morgan fingerprint density at radius 3 is 2.31 bits per heavy atom. The molecule has 0 spiro atoms. The van der Waals surface area contributed by atoms with Crippen LogP contribution in [0, 0.1) is 5.82 Å². The highest BCUT2D eigenvalue weighted by Crippen LogP contribution is 2.40. The van der Waals surface area contributed by atoms with E-state index in [-0.39, 0.29) is 5.82 Å². The Balaban J connectivity index is 1.78. The summed E-state index contributed by atoms with van der Waals surface area (Å²) < 4.78 is 26.8. The van der Waals surface area contributed by atoms with E-state index in [1.54, 1.807) is 44.2 Å². The Kier molecular flexibility index (Phi) is 7.64. The minimum absolute atomic E-state index is 0.295. The molecule has 0 atom stereocenters.